The maximum Gasteiger partial charge on any atom is 0.164 e. The Morgan fingerprint density at radius 2 is 0.541 bits per heavy atom. The number of fused-ring (bicyclic) bond motifs is 6. The highest BCUT2D eigenvalue weighted by Crippen LogP contribution is 2.45. The molecule has 98 heavy (non-hydrogen) atoms. The molecule has 14 aromatic carbocycles. The van der Waals surface area contributed by atoms with E-state index in [0.717, 1.165) is 133 Å². The molecule has 0 saturated carbocycles. The average molecular weight is 1250 g/mol. The van der Waals surface area contributed by atoms with Crippen molar-refractivity contribution in [2.75, 3.05) is 0 Å². The first kappa shape index (κ1) is 58.0. The van der Waals surface area contributed by atoms with Gasteiger partial charge in [-0.1, -0.05) is 224 Å². The predicted molar refractivity (Wildman–Crippen MR) is 397 cm³/mol. The first-order valence-corrected chi connectivity index (χ1v) is 32.5. The third-order valence-corrected chi connectivity index (χ3v) is 18.7. The van der Waals surface area contributed by atoms with E-state index in [0.29, 0.717) is 50.9 Å². The maximum atomic E-state index is 10.7. The van der Waals surface area contributed by atoms with Crippen LogP contribution in [0.25, 0.3) is 167 Å². The molecule has 0 amide bonds. The zero-order valence-corrected chi connectivity index (χ0v) is 52.8. The first-order valence-electron chi connectivity index (χ1n) is 32.5. The van der Waals surface area contributed by atoms with Crippen LogP contribution in [0.4, 0.5) is 0 Å². The zero-order valence-electron chi connectivity index (χ0n) is 52.8. The fourth-order valence-electron chi connectivity index (χ4n) is 14.0. The lowest BCUT2D eigenvalue weighted by atomic mass is 9.94. The van der Waals surface area contributed by atoms with Crippen LogP contribution in [0.1, 0.15) is 16.7 Å². The van der Waals surface area contributed by atoms with Gasteiger partial charge in [-0.2, -0.15) is 15.8 Å². The molecule has 17 aromatic rings. The van der Waals surface area contributed by atoms with Crippen molar-refractivity contribution in [2.24, 2.45) is 0 Å². The van der Waals surface area contributed by atoms with E-state index in [-0.39, 0.29) is 0 Å². The Kier molecular flexibility index (Phi) is 14.5. The van der Waals surface area contributed by atoms with Crippen LogP contribution in [0.3, 0.4) is 0 Å². The minimum Gasteiger partial charge on any atom is -0.309 e. The maximum absolute atomic E-state index is 10.7. The normalized spacial score (nSPS) is 11.2. The average Bonchev–Trinajstić information content (AvgIpc) is 1.67. The number of aromatic nitrogens is 5. The fourth-order valence-corrected chi connectivity index (χ4v) is 14.0. The summed E-state index contributed by atoms with van der Waals surface area (Å²) in [5.74, 6) is 1.11. The summed E-state index contributed by atoms with van der Waals surface area (Å²) in [5, 5.41) is 36.0. The second-order valence-corrected chi connectivity index (χ2v) is 24.4. The molecule has 8 nitrogen and oxygen atoms in total. The molecule has 454 valence electrons. The van der Waals surface area contributed by atoms with E-state index in [4.69, 9.17) is 15.0 Å². The largest absolute Gasteiger partial charge is 0.309 e. The third-order valence-electron chi connectivity index (χ3n) is 18.7. The molecular formula is C90H54N8. The van der Waals surface area contributed by atoms with Crippen LogP contribution >= 0.6 is 0 Å². The van der Waals surface area contributed by atoms with Gasteiger partial charge < -0.3 is 9.13 Å². The first-order chi connectivity index (χ1) is 48.4. The second-order valence-electron chi connectivity index (χ2n) is 24.4. The van der Waals surface area contributed by atoms with Crippen molar-refractivity contribution >= 4 is 43.6 Å². The summed E-state index contributed by atoms with van der Waals surface area (Å²) in [5.41, 5.74) is 22.9. The van der Waals surface area contributed by atoms with Gasteiger partial charge in [-0.25, -0.2) is 15.0 Å². The summed E-state index contributed by atoms with van der Waals surface area (Å²) >= 11 is 0. The van der Waals surface area contributed by atoms with Gasteiger partial charge in [0.15, 0.2) is 17.5 Å². The van der Waals surface area contributed by atoms with E-state index in [2.05, 4.69) is 234 Å². The van der Waals surface area contributed by atoms with E-state index >= 15 is 0 Å². The van der Waals surface area contributed by atoms with Crippen LogP contribution in [0.15, 0.2) is 328 Å². The number of nitrogens with zero attached hydrogens (tertiary/aromatic N) is 8. The Labute approximate surface area is 566 Å². The molecule has 0 saturated heterocycles. The third kappa shape index (κ3) is 10.4. The van der Waals surface area contributed by atoms with Crippen molar-refractivity contribution in [3.63, 3.8) is 0 Å². The van der Waals surface area contributed by atoms with Crippen LogP contribution in [-0.2, 0) is 0 Å². The van der Waals surface area contributed by atoms with Crippen molar-refractivity contribution in [2.45, 2.75) is 0 Å². The lowest BCUT2D eigenvalue weighted by Crippen LogP contribution is -2.05. The van der Waals surface area contributed by atoms with Crippen LogP contribution in [0.2, 0.25) is 0 Å². The molecule has 0 atom stereocenters. The van der Waals surface area contributed by atoms with Crippen LogP contribution in [0.5, 0.6) is 0 Å². The lowest BCUT2D eigenvalue weighted by molar-refractivity contribution is 1.07. The molecule has 0 aliphatic heterocycles. The minimum atomic E-state index is 0.368. The molecule has 8 heteroatoms. The monoisotopic (exact) mass is 1250 g/mol. The number of benzene rings is 14. The van der Waals surface area contributed by atoms with Crippen molar-refractivity contribution in [1.82, 2.24) is 24.1 Å². The SMILES string of the molecule is N#Cc1cccc(-c2ccc(-n3c4ccc(-c5ccccc5)cc4c4cc(-c5ccccc5)ccc43)cc2-c2nc(-c3cc(-n4c5ccc(-c6ccccc6)cc5c5cc(-c6ccccc6)ccc54)ccc3-c3cccc(C#N)c3)nc(-c3ccccc3-c3ccccc3C#N)n2)c1. The smallest absolute Gasteiger partial charge is 0.164 e. The van der Waals surface area contributed by atoms with Gasteiger partial charge in [0, 0.05) is 55.2 Å². The molecule has 0 N–H and O–H groups in total. The number of hydrogen-bond donors (Lipinski definition) is 0. The summed E-state index contributed by atoms with van der Waals surface area (Å²) in [4.78, 5) is 17.0. The van der Waals surface area contributed by atoms with E-state index < -0.39 is 0 Å². The lowest BCUT2D eigenvalue weighted by Gasteiger charge is -2.18. The summed E-state index contributed by atoms with van der Waals surface area (Å²) in [6.07, 6.45) is 0. The highest BCUT2D eigenvalue weighted by Gasteiger charge is 2.25. The van der Waals surface area contributed by atoms with Crippen LogP contribution in [0, 0.1) is 34.0 Å². The van der Waals surface area contributed by atoms with Gasteiger partial charge in [0.1, 0.15) is 0 Å². The molecule has 0 aliphatic rings. The molecule has 3 aromatic heterocycles. The van der Waals surface area contributed by atoms with Gasteiger partial charge in [0.05, 0.1) is 57.0 Å². The summed E-state index contributed by atoms with van der Waals surface area (Å²) in [6, 6.07) is 120. The highest BCUT2D eigenvalue weighted by atomic mass is 15.0. The van der Waals surface area contributed by atoms with Gasteiger partial charge in [-0.05, 0) is 175 Å². The van der Waals surface area contributed by atoms with Gasteiger partial charge in [-0.15, -0.1) is 0 Å². The minimum absolute atomic E-state index is 0.368. The summed E-state index contributed by atoms with van der Waals surface area (Å²) in [6.45, 7) is 0. The molecule has 0 unspecified atom stereocenters. The van der Waals surface area contributed by atoms with E-state index in [1.54, 1.807) is 0 Å². The molecular weight excluding hydrogens is 1190 g/mol. The van der Waals surface area contributed by atoms with Crippen LogP contribution in [-0.4, -0.2) is 24.1 Å². The Balaban J connectivity index is 0.952. The number of rotatable bonds is 12. The van der Waals surface area contributed by atoms with Gasteiger partial charge >= 0.3 is 0 Å². The molecule has 0 radical (unpaired) electrons. The van der Waals surface area contributed by atoms with E-state index in [1.165, 1.54) is 0 Å². The molecule has 0 spiro atoms. The second kappa shape index (κ2) is 24.6. The molecule has 0 fully saturated rings. The van der Waals surface area contributed by atoms with Gasteiger partial charge in [-0.3, -0.25) is 0 Å². The Bertz CT molecular complexity index is 5630. The van der Waals surface area contributed by atoms with Gasteiger partial charge in [0.25, 0.3) is 0 Å². The van der Waals surface area contributed by atoms with Crippen molar-refractivity contribution in [3.8, 4) is 142 Å². The number of nitriles is 3. The number of hydrogen-bond acceptors (Lipinski definition) is 6. The molecule has 17 rings (SSSR count). The van der Waals surface area contributed by atoms with Crippen LogP contribution < -0.4 is 0 Å². The zero-order chi connectivity index (χ0) is 65.6. The summed E-state index contributed by atoms with van der Waals surface area (Å²) in [7, 11) is 0. The Morgan fingerprint density at radius 3 is 0.908 bits per heavy atom. The molecule has 3 heterocycles. The van der Waals surface area contributed by atoms with E-state index in [9.17, 15) is 15.8 Å². The van der Waals surface area contributed by atoms with Crippen molar-refractivity contribution in [3.05, 3.63) is 344 Å². The fraction of sp³-hybridized carbons (Fsp3) is 0. The topological polar surface area (TPSA) is 120 Å². The van der Waals surface area contributed by atoms with Gasteiger partial charge in [0.2, 0.25) is 0 Å². The van der Waals surface area contributed by atoms with E-state index in [1.807, 2.05) is 121 Å². The van der Waals surface area contributed by atoms with Crippen molar-refractivity contribution in [1.29, 1.82) is 15.8 Å². The quantitative estimate of drug-likeness (QED) is 0.120. The standard InChI is InChI=1S/C90H54N8/c91-55-58-19-17-30-68(47-58)74-41-39-71(97-84-43-35-64(60-21-5-1-6-22-60)49-78(84)79-50-65(36-44-85(79)97)61-23-7-2-8-24-61)53-82(74)89-94-88(77-34-16-15-33-76(77)73-32-14-13-29-70(73)57-93)95-90(96-89)83-54-72(40-42-75(83)69-31-18-20-59(48-69)56-92)98-86-45-37-66(62-25-9-3-10-26-62)51-80(86)81-52-67(38-46-87(81)98)63-27-11-4-12-28-63/h1-54H. The predicted octanol–water partition coefficient (Wildman–Crippen LogP) is 22.4. The summed E-state index contributed by atoms with van der Waals surface area (Å²) < 4.78 is 4.65. The molecule has 0 bridgehead atoms. The molecule has 0 aliphatic carbocycles. The Hall–Kier alpha value is -13.8. The Morgan fingerprint density at radius 1 is 0.214 bits per heavy atom. The van der Waals surface area contributed by atoms with Crippen molar-refractivity contribution < 1.29 is 0 Å². The highest BCUT2D eigenvalue weighted by molar-refractivity contribution is 6.13.